The Kier molecular flexibility index (Phi) is 2.21. The summed E-state index contributed by atoms with van der Waals surface area (Å²) in [6.45, 7) is 0. The van der Waals surface area contributed by atoms with E-state index in [0.717, 1.165) is 6.20 Å². The van der Waals surface area contributed by atoms with Gasteiger partial charge in [-0.15, -0.1) is 0 Å². The molecule has 0 aliphatic carbocycles. The predicted octanol–water partition coefficient (Wildman–Crippen LogP) is 0.725. The number of hydrogen-bond acceptors (Lipinski definition) is 2. The van der Waals surface area contributed by atoms with Gasteiger partial charge in [-0.1, -0.05) is 11.6 Å². The van der Waals surface area contributed by atoms with Crippen molar-refractivity contribution in [3.8, 4) is 0 Å². The van der Waals surface area contributed by atoms with Gasteiger partial charge in [0.05, 0.1) is 11.1 Å². The number of carbonyl (C=O) groups excluding carboxylic acids is 2. The summed E-state index contributed by atoms with van der Waals surface area (Å²) in [5.74, 6) is -1.07. The van der Waals surface area contributed by atoms with E-state index in [1.807, 2.05) is 0 Å². The Bertz CT molecular complexity index is 494. The predicted molar refractivity (Wildman–Crippen MR) is 53.9 cm³/mol. The fourth-order valence-corrected chi connectivity index (χ4v) is 1.49. The van der Waals surface area contributed by atoms with Gasteiger partial charge < -0.3 is 5.73 Å². The van der Waals surface area contributed by atoms with E-state index in [1.54, 1.807) is 0 Å². The van der Waals surface area contributed by atoms with Crippen LogP contribution in [-0.2, 0) is 4.79 Å². The minimum absolute atomic E-state index is 0.192. The van der Waals surface area contributed by atoms with Gasteiger partial charge in [-0.3, -0.25) is 9.59 Å². The van der Waals surface area contributed by atoms with Gasteiger partial charge in [0.25, 0.3) is 11.8 Å². The Balaban J connectivity index is 2.64. The molecule has 0 bridgehead atoms. The van der Waals surface area contributed by atoms with Crippen LogP contribution >= 0.6 is 11.6 Å². The number of benzene rings is 1. The SMILES string of the molecule is NC(=O)C1=C[N]C(=O)c2cc(Cl)[c]cc21. The number of nitrogens with zero attached hydrogens (tertiary/aromatic N) is 1. The van der Waals surface area contributed by atoms with Crippen molar-refractivity contribution in [1.82, 2.24) is 5.32 Å². The van der Waals surface area contributed by atoms with Crippen LogP contribution in [0.4, 0.5) is 0 Å². The lowest BCUT2D eigenvalue weighted by atomic mass is 9.97. The Hall–Kier alpha value is -1.81. The summed E-state index contributed by atoms with van der Waals surface area (Å²) in [6, 6.07) is 5.56. The molecule has 0 atom stereocenters. The second-order valence-corrected chi connectivity index (χ2v) is 3.36. The lowest BCUT2D eigenvalue weighted by Gasteiger charge is -2.13. The summed E-state index contributed by atoms with van der Waals surface area (Å²) < 4.78 is 0. The van der Waals surface area contributed by atoms with Gasteiger partial charge in [0.2, 0.25) is 0 Å². The van der Waals surface area contributed by atoms with Crippen LogP contribution in [0.15, 0.2) is 18.3 Å². The number of carbonyl (C=O) groups is 2. The first kappa shape index (κ1) is 9.73. The van der Waals surface area contributed by atoms with Crippen molar-refractivity contribution in [3.63, 3.8) is 0 Å². The van der Waals surface area contributed by atoms with E-state index in [0.29, 0.717) is 10.6 Å². The molecule has 2 N–H and O–H groups in total. The largest absolute Gasteiger partial charge is 0.366 e. The van der Waals surface area contributed by atoms with Crippen LogP contribution in [0.5, 0.6) is 0 Å². The Morgan fingerprint density at radius 3 is 2.87 bits per heavy atom. The topological polar surface area (TPSA) is 74.3 Å². The molecule has 1 aromatic carbocycles. The van der Waals surface area contributed by atoms with Crippen LogP contribution in [-0.4, -0.2) is 11.8 Å². The van der Waals surface area contributed by atoms with Gasteiger partial charge in [-0.25, -0.2) is 5.32 Å². The normalized spacial score (nSPS) is 13.9. The van der Waals surface area contributed by atoms with Crippen molar-refractivity contribution in [3.05, 3.63) is 40.5 Å². The summed E-state index contributed by atoms with van der Waals surface area (Å²) in [5, 5.41) is 3.84. The van der Waals surface area contributed by atoms with Crippen LogP contribution in [0, 0.1) is 6.07 Å². The molecule has 0 spiro atoms. The highest BCUT2D eigenvalue weighted by molar-refractivity contribution is 6.31. The molecular formula is C10H5ClN2O2. The Morgan fingerprint density at radius 2 is 2.20 bits per heavy atom. The molecule has 0 saturated carbocycles. The quantitative estimate of drug-likeness (QED) is 0.758. The van der Waals surface area contributed by atoms with Crippen LogP contribution in [0.2, 0.25) is 5.02 Å². The zero-order valence-electron chi connectivity index (χ0n) is 7.45. The van der Waals surface area contributed by atoms with E-state index in [4.69, 9.17) is 17.3 Å². The highest BCUT2D eigenvalue weighted by atomic mass is 35.5. The molecule has 5 heteroatoms. The molecule has 2 rings (SSSR count). The average molecular weight is 221 g/mol. The van der Waals surface area contributed by atoms with Crippen molar-refractivity contribution in [2.24, 2.45) is 5.73 Å². The van der Waals surface area contributed by atoms with Gasteiger partial charge in [0.1, 0.15) is 0 Å². The van der Waals surface area contributed by atoms with Gasteiger partial charge >= 0.3 is 0 Å². The molecule has 2 radical (unpaired) electrons. The highest BCUT2D eigenvalue weighted by Crippen LogP contribution is 2.25. The molecule has 0 unspecified atom stereocenters. The van der Waals surface area contributed by atoms with E-state index >= 15 is 0 Å². The minimum atomic E-state index is -0.636. The maximum atomic E-state index is 11.4. The number of halogens is 1. The minimum Gasteiger partial charge on any atom is -0.366 e. The number of rotatable bonds is 1. The first-order valence-electron chi connectivity index (χ1n) is 4.06. The second-order valence-electron chi connectivity index (χ2n) is 2.95. The molecule has 74 valence electrons. The fourth-order valence-electron chi connectivity index (χ4n) is 1.32. The number of primary amides is 1. The lowest BCUT2D eigenvalue weighted by molar-refractivity contribution is -0.112. The zero-order chi connectivity index (χ0) is 11.0. The van der Waals surface area contributed by atoms with E-state index in [9.17, 15) is 9.59 Å². The number of nitrogens with two attached hydrogens (primary N) is 1. The van der Waals surface area contributed by atoms with E-state index in [-0.39, 0.29) is 11.1 Å². The fraction of sp³-hybridized carbons (Fsp3) is 0. The van der Waals surface area contributed by atoms with Crippen LogP contribution < -0.4 is 11.1 Å². The maximum absolute atomic E-state index is 11.4. The molecule has 0 saturated heterocycles. The smallest absolute Gasteiger partial charge is 0.277 e. The molecule has 0 fully saturated rings. The molecule has 1 aromatic rings. The van der Waals surface area contributed by atoms with Gasteiger partial charge in [-0.05, 0) is 12.1 Å². The van der Waals surface area contributed by atoms with Crippen molar-refractivity contribution >= 4 is 29.0 Å². The third-order valence-corrected chi connectivity index (χ3v) is 2.23. The average Bonchev–Trinajstić information content (AvgIpc) is 2.19. The number of hydrogen-bond donors (Lipinski definition) is 1. The zero-order valence-corrected chi connectivity index (χ0v) is 8.21. The monoisotopic (exact) mass is 220 g/mol. The molecule has 15 heavy (non-hydrogen) atoms. The molecule has 4 nitrogen and oxygen atoms in total. The number of amides is 2. The summed E-state index contributed by atoms with van der Waals surface area (Å²) >= 11 is 5.68. The highest BCUT2D eigenvalue weighted by Gasteiger charge is 2.23. The van der Waals surface area contributed by atoms with Crippen molar-refractivity contribution in [2.75, 3.05) is 0 Å². The summed E-state index contributed by atoms with van der Waals surface area (Å²) in [5.41, 5.74) is 6.03. The van der Waals surface area contributed by atoms with Crippen molar-refractivity contribution < 1.29 is 9.59 Å². The molecule has 1 aliphatic rings. The molecule has 2 amide bonds. The van der Waals surface area contributed by atoms with Gasteiger partial charge in [0.15, 0.2) is 0 Å². The Morgan fingerprint density at radius 1 is 1.47 bits per heavy atom. The molecule has 1 heterocycles. The van der Waals surface area contributed by atoms with Crippen LogP contribution in [0.1, 0.15) is 15.9 Å². The number of fused-ring (bicyclic) bond motifs is 1. The Labute approximate surface area is 90.7 Å². The van der Waals surface area contributed by atoms with E-state index in [2.05, 4.69) is 11.4 Å². The molecular weight excluding hydrogens is 216 g/mol. The summed E-state index contributed by atoms with van der Waals surface area (Å²) in [4.78, 5) is 22.4. The van der Waals surface area contributed by atoms with Crippen LogP contribution in [0.3, 0.4) is 0 Å². The standard InChI is InChI=1S/C10H5ClN2O2/c11-5-1-2-6-7(3-5)10(15)13-4-8(6)9(12)14/h2-4H,(H2,12,14). The van der Waals surface area contributed by atoms with Gasteiger partial charge in [-0.2, -0.15) is 0 Å². The molecule has 0 aromatic heterocycles. The van der Waals surface area contributed by atoms with Crippen LogP contribution in [0.25, 0.3) is 5.57 Å². The first-order valence-corrected chi connectivity index (χ1v) is 4.44. The summed E-state index contributed by atoms with van der Waals surface area (Å²) in [6.07, 6.45) is 1.16. The second kappa shape index (κ2) is 3.40. The lowest BCUT2D eigenvalue weighted by Crippen LogP contribution is -2.23. The first-order chi connectivity index (χ1) is 7.09. The van der Waals surface area contributed by atoms with Gasteiger partial charge in [0, 0.05) is 22.9 Å². The van der Waals surface area contributed by atoms with Crippen molar-refractivity contribution in [1.29, 1.82) is 0 Å². The van der Waals surface area contributed by atoms with E-state index < -0.39 is 11.8 Å². The summed E-state index contributed by atoms with van der Waals surface area (Å²) in [7, 11) is 0. The molecule has 1 aliphatic heterocycles. The van der Waals surface area contributed by atoms with E-state index in [1.165, 1.54) is 12.1 Å². The van der Waals surface area contributed by atoms with Crippen molar-refractivity contribution in [2.45, 2.75) is 0 Å². The third kappa shape index (κ3) is 1.59. The third-order valence-electron chi connectivity index (χ3n) is 2.01. The maximum Gasteiger partial charge on any atom is 0.277 e.